The lowest BCUT2D eigenvalue weighted by Gasteiger charge is -2.20. The van der Waals surface area contributed by atoms with Crippen molar-refractivity contribution >= 4 is 33.3 Å². The number of carbonyl (C=O) groups excluding carboxylic acids is 1. The first kappa shape index (κ1) is 16.4. The monoisotopic (exact) mass is 362 g/mol. The molecule has 2 N–H and O–H groups in total. The van der Waals surface area contributed by atoms with Crippen molar-refractivity contribution in [2.75, 3.05) is 10.6 Å². The Balaban J connectivity index is 2.08. The topological polar surface area (TPSA) is 66.9 Å². The molecule has 1 aromatic carbocycles. The second kappa shape index (κ2) is 6.44. The fraction of sp³-hybridized carbons (Fsp3) is 0.312. The Morgan fingerprint density at radius 1 is 1.18 bits per heavy atom. The summed E-state index contributed by atoms with van der Waals surface area (Å²) >= 11 is 3.44. The van der Waals surface area contributed by atoms with Crippen LogP contribution >= 0.6 is 15.9 Å². The van der Waals surface area contributed by atoms with Gasteiger partial charge < -0.3 is 10.6 Å². The number of amides is 1. The van der Waals surface area contributed by atoms with Crippen molar-refractivity contribution < 1.29 is 4.79 Å². The highest BCUT2D eigenvalue weighted by Crippen LogP contribution is 2.21. The highest BCUT2D eigenvalue weighted by Gasteiger charge is 2.12. The van der Waals surface area contributed by atoms with Crippen LogP contribution in [-0.4, -0.2) is 21.4 Å². The van der Waals surface area contributed by atoms with Crippen molar-refractivity contribution in [2.45, 2.75) is 33.2 Å². The average Bonchev–Trinajstić information content (AvgIpc) is 2.42. The van der Waals surface area contributed by atoms with E-state index in [2.05, 4.69) is 36.5 Å². The molecule has 0 aliphatic rings. The van der Waals surface area contributed by atoms with Crippen molar-refractivity contribution in [3.8, 4) is 0 Å². The van der Waals surface area contributed by atoms with E-state index in [0.29, 0.717) is 11.5 Å². The van der Waals surface area contributed by atoms with Gasteiger partial charge in [-0.1, -0.05) is 22.0 Å². The van der Waals surface area contributed by atoms with Crippen molar-refractivity contribution in [1.29, 1.82) is 0 Å². The number of hydrogen-bond acceptors (Lipinski definition) is 4. The van der Waals surface area contributed by atoms with Gasteiger partial charge in [0.1, 0.15) is 11.5 Å². The first-order valence-corrected chi connectivity index (χ1v) is 7.72. The van der Waals surface area contributed by atoms with Crippen LogP contribution in [0.25, 0.3) is 0 Å². The molecule has 5 nitrogen and oxygen atoms in total. The molecule has 0 saturated heterocycles. The Morgan fingerprint density at radius 2 is 1.91 bits per heavy atom. The van der Waals surface area contributed by atoms with Gasteiger partial charge in [0, 0.05) is 15.7 Å². The third-order valence-corrected chi connectivity index (χ3v) is 3.67. The molecule has 0 bridgehead atoms. The molecule has 1 amide bonds. The first-order chi connectivity index (χ1) is 10.2. The summed E-state index contributed by atoms with van der Waals surface area (Å²) in [5.41, 5.74) is 1.99. The lowest BCUT2D eigenvalue weighted by molar-refractivity contribution is 0.102. The van der Waals surface area contributed by atoms with E-state index in [1.807, 2.05) is 45.9 Å². The van der Waals surface area contributed by atoms with Gasteiger partial charge in [0.15, 0.2) is 0 Å². The Bertz CT molecular complexity index is 678. The second-order valence-electron chi connectivity index (χ2n) is 6.08. The molecule has 2 rings (SSSR count). The summed E-state index contributed by atoms with van der Waals surface area (Å²) in [5, 5.41) is 6.00. The van der Waals surface area contributed by atoms with Gasteiger partial charge in [0.05, 0.1) is 12.4 Å². The van der Waals surface area contributed by atoms with Gasteiger partial charge in [-0.2, -0.15) is 0 Å². The molecule has 0 aliphatic heterocycles. The maximum absolute atomic E-state index is 12.2. The van der Waals surface area contributed by atoms with Crippen molar-refractivity contribution in [1.82, 2.24) is 9.97 Å². The number of rotatable bonds is 3. The number of nitrogens with zero attached hydrogens (tertiary/aromatic N) is 2. The molecule has 0 atom stereocenters. The molecule has 0 unspecified atom stereocenters. The predicted octanol–water partition coefficient (Wildman–Crippen LogP) is 4.01. The van der Waals surface area contributed by atoms with E-state index in [1.54, 1.807) is 6.20 Å². The molecule has 1 aromatic heterocycles. The van der Waals surface area contributed by atoms with E-state index in [-0.39, 0.29) is 17.1 Å². The van der Waals surface area contributed by atoms with E-state index >= 15 is 0 Å². The standard InChI is InChI=1S/C16H19BrN4O/c1-10-5-6-11(7-12(10)17)20-15(22)13-8-19-14(9-18-13)21-16(2,3)4/h5-9H,1-4H3,(H,19,21)(H,20,22). The average molecular weight is 363 g/mol. The van der Waals surface area contributed by atoms with Crippen molar-refractivity contribution in [3.63, 3.8) is 0 Å². The van der Waals surface area contributed by atoms with Crippen molar-refractivity contribution in [3.05, 3.63) is 46.3 Å². The highest BCUT2D eigenvalue weighted by atomic mass is 79.9. The van der Waals surface area contributed by atoms with Gasteiger partial charge >= 0.3 is 0 Å². The number of benzene rings is 1. The van der Waals surface area contributed by atoms with Gasteiger partial charge in [-0.25, -0.2) is 9.97 Å². The maximum atomic E-state index is 12.2. The van der Waals surface area contributed by atoms with E-state index in [9.17, 15) is 4.79 Å². The van der Waals surface area contributed by atoms with Crippen LogP contribution in [0.1, 0.15) is 36.8 Å². The quantitative estimate of drug-likeness (QED) is 0.865. The number of carbonyl (C=O) groups is 1. The normalized spacial score (nSPS) is 11.1. The summed E-state index contributed by atoms with van der Waals surface area (Å²) < 4.78 is 0.945. The SMILES string of the molecule is Cc1ccc(NC(=O)c2cnc(NC(C)(C)C)cn2)cc1Br. The summed E-state index contributed by atoms with van der Waals surface area (Å²) in [5.74, 6) is 0.354. The van der Waals surface area contributed by atoms with E-state index in [4.69, 9.17) is 0 Å². The number of halogens is 1. The molecule has 1 heterocycles. The molecule has 0 spiro atoms. The fourth-order valence-electron chi connectivity index (χ4n) is 1.76. The third kappa shape index (κ3) is 4.53. The van der Waals surface area contributed by atoms with Gasteiger partial charge in [-0.05, 0) is 45.4 Å². The predicted molar refractivity (Wildman–Crippen MR) is 92.2 cm³/mol. The van der Waals surface area contributed by atoms with Crippen LogP contribution in [0.2, 0.25) is 0 Å². The minimum absolute atomic E-state index is 0.105. The van der Waals surface area contributed by atoms with Crippen LogP contribution in [0.15, 0.2) is 35.1 Å². The number of nitrogens with one attached hydrogen (secondary N) is 2. The second-order valence-corrected chi connectivity index (χ2v) is 6.93. The molecule has 116 valence electrons. The number of anilines is 2. The first-order valence-electron chi connectivity index (χ1n) is 6.92. The molecular weight excluding hydrogens is 344 g/mol. The molecule has 0 aliphatic carbocycles. The van der Waals surface area contributed by atoms with Crippen LogP contribution in [-0.2, 0) is 0 Å². The minimum Gasteiger partial charge on any atom is -0.364 e. The molecule has 6 heteroatoms. The zero-order chi connectivity index (χ0) is 16.3. The highest BCUT2D eigenvalue weighted by molar-refractivity contribution is 9.10. The smallest absolute Gasteiger partial charge is 0.275 e. The third-order valence-electron chi connectivity index (χ3n) is 2.82. The van der Waals surface area contributed by atoms with Gasteiger partial charge in [0.2, 0.25) is 0 Å². The number of hydrogen-bond donors (Lipinski definition) is 2. The molecule has 22 heavy (non-hydrogen) atoms. The molecule has 0 radical (unpaired) electrons. The Morgan fingerprint density at radius 3 is 2.45 bits per heavy atom. The number of aromatic nitrogens is 2. The van der Waals surface area contributed by atoms with E-state index < -0.39 is 0 Å². The summed E-state index contributed by atoms with van der Waals surface area (Å²) in [6, 6.07) is 5.64. The Kier molecular flexibility index (Phi) is 4.81. The van der Waals surface area contributed by atoms with Gasteiger partial charge in [-0.3, -0.25) is 4.79 Å². The molecule has 2 aromatic rings. The van der Waals surface area contributed by atoms with E-state index in [1.165, 1.54) is 6.20 Å². The maximum Gasteiger partial charge on any atom is 0.275 e. The van der Waals surface area contributed by atoms with Crippen molar-refractivity contribution in [2.24, 2.45) is 0 Å². The summed E-state index contributed by atoms with van der Waals surface area (Å²) in [4.78, 5) is 20.5. The van der Waals surface area contributed by atoms with E-state index in [0.717, 1.165) is 10.0 Å². The lowest BCUT2D eigenvalue weighted by Crippen LogP contribution is -2.27. The Labute approximate surface area is 138 Å². The molecule has 0 saturated carbocycles. The largest absolute Gasteiger partial charge is 0.364 e. The summed E-state index contributed by atoms with van der Waals surface area (Å²) in [6.45, 7) is 8.09. The van der Waals surface area contributed by atoms with Crippen LogP contribution in [0.4, 0.5) is 11.5 Å². The Hall–Kier alpha value is -1.95. The van der Waals surface area contributed by atoms with Crippen LogP contribution < -0.4 is 10.6 Å². The van der Waals surface area contributed by atoms with Crippen LogP contribution in [0, 0.1) is 6.92 Å². The fourth-order valence-corrected chi connectivity index (χ4v) is 2.14. The number of aryl methyl sites for hydroxylation is 1. The molecular formula is C16H19BrN4O. The van der Waals surface area contributed by atoms with Crippen LogP contribution in [0.3, 0.4) is 0 Å². The van der Waals surface area contributed by atoms with Gasteiger partial charge in [-0.15, -0.1) is 0 Å². The van der Waals surface area contributed by atoms with Gasteiger partial charge in [0.25, 0.3) is 5.91 Å². The lowest BCUT2D eigenvalue weighted by atomic mass is 10.1. The minimum atomic E-state index is -0.287. The molecule has 0 fully saturated rings. The zero-order valence-corrected chi connectivity index (χ0v) is 14.7. The van der Waals surface area contributed by atoms with Crippen LogP contribution in [0.5, 0.6) is 0 Å². The summed E-state index contributed by atoms with van der Waals surface area (Å²) in [7, 11) is 0. The zero-order valence-electron chi connectivity index (χ0n) is 13.1. The summed E-state index contributed by atoms with van der Waals surface area (Å²) in [6.07, 6.45) is 3.03.